The number of nitrogens with zero attached hydrogens (tertiary/aromatic N) is 2. The van der Waals surface area contributed by atoms with Gasteiger partial charge in [-0.25, -0.2) is 4.79 Å². The first kappa shape index (κ1) is 14.6. The zero-order valence-corrected chi connectivity index (χ0v) is 10.6. The molecule has 1 aromatic heterocycles. The summed E-state index contributed by atoms with van der Waals surface area (Å²) in [6.45, 7) is 1.67. The summed E-state index contributed by atoms with van der Waals surface area (Å²) in [5, 5.41) is 17.7. The SMILES string of the molecule is C#CCC(CC)NC(=O)Nc1cnn(CC(=O)O)c1. The van der Waals surface area contributed by atoms with Crippen molar-refractivity contribution in [2.24, 2.45) is 0 Å². The molecule has 19 heavy (non-hydrogen) atoms. The fourth-order valence-electron chi connectivity index (χ4n) is 1.45. The van der Waals surface area contributed by atoms with Crippen LogP contribution < -0.4 is 10.6 Å². The second-order valence-corrected chi connectivity index (χ2v) is 3.93. The number of hydrogen-bond donors (Lipinski definition) is 3. The first-order chi connectivity index (χ1) is 9.05. The van der Waals surface area contributed by atoms with Crippen molar-refractivity contribution in [2.45, 2.75) is 32.4 Å². The average Bonchev–Trinajstić information content (AvgIpc) is 2.74. The highest BCUT2D eigenvalue weighted by Crippen LogP contribution is 2.05. The van der Waals surface area contributed by atoms with Crippen LogP contribution in [0.2, 0.25) is 0 Å². The van der Waals surface area contributed by atoms with E-state index in [1.807, 2.05) is 6.92 Å². The maximum Gasteiger partial charge on any atom is 0.325 e. The monoisotopic (exact) mass is 264 g/mol. The van der Waals surface area contributed by atoms with E-state index >= 15 is 0 Å². The molecule has 0 aliphatic heterocycles. The molecule has 3 N–H and O–H groups in total. The zero-order valence-electron chi connectivity index (χ0n) is 10.6. The summed E-state index contributed by atoms with van der Waals surface area (Å²) >= 11 is 0. The Morgan fingerprint density at radius 3 is 2.95 bits per heavy atom. The van der Waals surface area contributed by atoms with Crippen molar-refractivity contribution < 1.29 is 14.7 Å². The van der Waals surface area contributed by atoms with Gasteiger partial charge in [0.2, 0.25) is 0 Å². The fourth-order valence-corrected chi connectivity index (χ4v) is 1.45. The van der Waals surface area contributed by atoms with Gasteiger partial charge in [0, 0.05) is 18.7 Å². The van der Waals surface area contributed by atoms with Crippen molar-refractivity contribution in [1.82, 2.24) is 15.1 Å². The number of carbonyl (C=O) groups excluding carboxylic acids is 1. The van der Waals surface area contributed by atoms with Crippen LogP contribution in [0.1, 0.15) is 19.8 Å². The van der Waals surface area contributed by atoms with Crippen LogP contribution in [0, 0.1) is 12.3 Å². The van der Waals surface area contributed by atoms with Gasteiger partial charge in [0.25, 0.3) is 0 Å². The molecule has 0 aliphatic rings. The molecule has 2 amide bonds. The molecule has 0 radical (unpaired) electrons. The lowest BCUT2D eigenvalue weighted by Gasteiger charge is -2.14. The normalized spacial score (nSPS) is 11.4. The van der Waals surface area contributed by atoms with Crippen molar-refractivity contribution in [1.29, 1.82) is 0 Å². The molecule has 102 valence electrons. The van der Waals surface area contributed by atoms with Gasteiger partial charge in [-0.15, -0.1) is 12.3 Å². The number of amides is 2. The van der Waals surface area contributed by atoms with Crippen LogP contribution in [-0.4, -0.2) is 32.9 Å². The Morgan fingerprint density at radius 2 is 2.37 bits per heavy atom. The third kappa shape index (κ3) is 5.12. The maximum absolute atomic E-state index is 11.6. The number of urea groups is 1. The van der Waals surface area contributed by atoms with Crippen molar-refractivity contribution >= 4 is 17.7 Å². The predicted molar refractivity (Wildman–Crippen MR) is 69.5 cm³/mol. The fraction of sp³-hybridized carbons (Fsp3) is 0.417. The van der Waals surface area contributed by atoms with Crippen molar-refractivity contribution in [3.05, 3.63) is 12.4 Å². The summed E-state index contributed by atoms with van der Waals surface area (Å²) in [4.78, 5) is 22.1. The number of aromatic nitrogens is 2. The standard InChI is InChI=1S/C12H16N4O3/c1-3-5-9(4-2)14-12(19)15-10-6-13-16(7-10)8-11(17)18/h1,6-7,9H,4-5,8H2,2H3,(H,17,18)(H2,14,15,19). The molecule has 0 saturated heterocycles. The molecule has 0 bridgehead atoms. The molecule has 7 heteroatoms. The van der Waals surface area contributed by atoms with E-state index in [-0.39, 0.29) is 12.6 Å². The number of carbonyl (C=O) groups is 2. The molecule has 7 nitrogen and oxygen atoms in total. The molecule has 0 saturated carbocycles. The highest BCUT2D eigenvalue weighted by atomic mass is 16.4. The van der Waals surface area contributed by atoms with Crippen LogP contribution in [0.4, 0.5) is 10.5 Å². The number of aliphatic carboxylic acids is 1. The minimum absolute atomic E-state index is 0.0842. The highest BCUT2D eigenvalue weighted by Gasteiger charge is 2.10. The first-order valence-electron chi connectivity index (χ1n) is 5.80. The average molecular weight is 264 g/mol. The van der Waals surface area contributed by atoms with Gasteiger partial charge in [0.05, 0.1) is 11.9 Å². The van der Waals surface area contributed by atoms with Gasteiger partial charge in [-0.05, 0) is 6.42 Å². The van der Waals surface area contributed by atoms with Crippen LogP contribution in [0.15, 0.2) is 12.4 Å². The van der Waals surface area contributed by atoms with Crippen LogP contribution in [0.25, 0.3) is 0 Å². The second-order valence-electron chi connectivity index (χ2n) is 3.93. The first-order valence-corrected chi connectivity index (χ1v) is 5.80. The van der Waals surface area contributed by atoms with E-state index in [0.717, 1.165) is 6.42 Å². The van der Waals surface area contributed by atoms with Crippen LogP contribution >= 0.6 is 0 Å². The summed E-state index contributed by atoms with van der Waals surface area (Å²) in [5.74, 6) is 1.49. The second kappa shape index (κ2) is 7.06. The van der Waals surface area contributed by atoms with Crippen molar-refractivity contribution in [3.8, 4) is 12.3 Å². The van der Waals surface area contributed by atoms with E-state index in [0.29, 0.717) is 12.1 Å². The third-order valence-electron chi connectivity index (χ3n) is 2.38. The molecule has 1 atom stereocenters. The largest absolute Gasteiger partial charge is 0.480 e. The molecule has 1 rings (SSSR count). The Bertz CT molecular complexity index is 489. The van der Waals surface area contributed by atoms with Gasteiger partial charge in [-0.2, -0.15) is 5.10 Å². The highest BCUT2D eigenvalue weighted by molar-refractivity contribution is 5.89. The predicted octanol–water partition coefficient (Wildman–Crippen LogP) is 0.891. The minimum atomic E-state index is -1.00. The molecule has 1 aromatic rings. The van der Waals surface area contributed by atoms with E-state index in [9.17, 15) is 9.59 Å². The topological polar surface area (TPSA) is 96.3 Å². The van der Waals surface area contributed by atoms with Crippen LogP contribution in [0.3, 0.4) is 0 Å². The van der Waals surface area contributed by atoms with Gasteiger partial charge < -0.3 is 15.7 Å². The van der Waals surface area contributed by atoms with E-state index in [2.05, 4.69) is 21.7 Å². The van der Waals surface area contributed by atoms with E-state index in [4.69, 9.17) is 11.5 Å². The molecule has 1 heterocycles. The molecule has 0 spiro atoms. The number of nitrogens with one attached hydrogen (secondary N) is 2. The lowest BCUT2D eigenvalue weighted by atomic mass is 10.2. The van der Waals surface area contributed by atoms with E-state index in [1.165, 1.54) is 17.1 Å². The van der Waals surface area contributed by atoms with Gasteiger partial charge in [0.1, 0.15) is 6.54 Å². The Balaban J connectivity index is 2.50. The molecule has 0 aliphatic carbocycles. The van der Waals surface area contributed by atoms with Gasteiger partial charge >= 0.3 is 12.0 Å². The number of rotatable bonds is 6. The van der Waals surface area contributed by atoms with E-state index < -0.39 is 12.0 Å². The van der Waals surface area contributed by atoms with Gasteiger partial charge in [-0.1, -0.05) is 6.92 Å². The quantitative estimate of drug-likeness (QED) is 0.665. The van der Waals surface area contributed by atoms with Crippen LogP contribution in [-0.2, 0) is 11.3 Å². The van der Waals surface area contributed by atoms with Gasteiger partial charge in [0.15, 0.2) is 0 Å². The number of carboxylic acid groups (broad SMARTS) is 1. The lowest BCUT2D eigenvalue weighted by Crippen LogP contribution is -2.37. The minimum Gasteiger partial charge on any atom is -0.480 e. The number of hydrogen-bond acceptors (Lipinski definition) is 3. The summed E-state index contributed by atoms with van der Waals surface area (Å²) in [6, 6.07) is -0.476. The summed E-state index contributed by atoms with van der Waals surface area (Å²) in [6.07, 6.45) is 9.20. The molecule has 0 fully saturated rings. The van der Waals surface area contributed by atoms with Crippen molar-refractivity contribution in [3.63, 3.8) is 0 Å². The number of anilines is 1. The number of terminal acetylenes is 1. The Morgan fingerprint density at radius 1 is 1.63 bits per heavy atom. The Kier molecular flexibility index (Phi) is 5.41. The molecule has 0 aromatic carbocycles. The summed E-state index contributed by atoms with van der Waals surface area (Å²) < 4.78 is 1.22. The zero-order chi connectivity index (χ0) is 14.3. The Labute approximate surface area is 111 Å². The van der Waals surface area contributed by atoms with E-state index in [1.54, 1.807) is 0 Å². The van der Waals surface area contributed by atoms with Gasteiger partial charge in [-0.3, -0.25) is 9.48 Å². The molecular weight excluding hydrogens is 248 g/mol. The smallest absolute Gasteiger partial charge is 0.325 e. The number of carboxylic acids is 1. The maximum atomic E-state index is 11.6. The Hall–Kier alpha value is -2.49. The third-order valence-corrected chi connectivity index (χ3v) is 2.38. The lowest BCUT2D eigenvalue weighted by molar-refractivity contribution is -0.137. The summed E-state index contributed by atoms with van der Waals surface area (Å²) in [7, 11) is 0. The van der Waals surface area contributed by atoms with Crippen LogP contribution in [0.5, 0.6) is 0 Å². The summed E-state index contributed by atoms with van der Waals surface area (Å²) in [5.41, 5.74) is 0.425. The molecule has 1 unspecified atom stereocenters. The molecular formula is C12H16N4O3. The van der Waals surface area contributed by atoms with Crippen molar-refractivity contribution in [2.75, 3.05) is 5.32 Å².